The van der Waals surface area contributed by atoms with Gasteiger partial charge in [0.1, 0.15) is 5.52 Å². The Kier molecular flexibility index (Phi) is 5.84. The molecule has 0 aliphatic carbocycles. The monoisotopic (exact) mass is 354 g/mol. The van der Waals surface area contributed by atoms with Gasteiger partial charge in [-0.05, 0) is 31.9 Å². The molecule has 1 amide bonds. The van der Waals surface area contributed by atoms with Crippen molar-refractivity contribution in [3.63, 3.8) is 0 Å². The highest BCUT2D eigenvalue weighted by Gasteiger charge is 2.27. The van der Waals surface area contributed by atoms with Crippen LogP contribution >= 0.6 is 0 Å². The van der Waals surface area contributed by atoms with Crippen molar-refractivity contribution in [2.75, 3.05) is 19.7 Å². The molecule has 0 spiro atoms. The standard InChI is InChI=1S/C20H22N2O4/c1-2-3-4-9-19(24)25-14-18(23)22-12-10-15(11-13-22)20-21-16-7-5-6-8-17(16)26-20/h2-9,15H,10-14H2,1H3/b3-2+,9-4+. The maximum Gasteiger partial charge on any atom is 0.331 e. The number of carbonyl (C=O) groups is 2. The van der Waals surface area contributed by atoms with Crippen molar-refractivity contribution < 1.29 is 18.7 Å². The molecule has 1 aromatic carbocycles. The van der Waals surface area contributed by atoms with E-state index in [0.29, 0.717) is 13.1 Å². The molecule has 1 fully saturated rings. The number of benzene rings is 1. The maximum absolute atomic E-state index is 12.2. The molecule has 0 atom stereocenters. The van der Waals surface area contributed by atoms with E-state index >= 15 is 0 Å². The molecule has 6 nitrogen and oxygen atoms in total. The number of hydrogen-bond acceptors (Lipinski definition) is 5. The van der Waals surface area contributed by atoms with E-state index < -0.39 is 5.97 Å². The summed E-state index contributed by atoms with van der Waals surface area (Å²) in [6.07, 6.45) is 7.97. The fourth-order valence-corrected chi connectivity index (χ4v) is 2.96. The Morgan fingerprint density at radius 2 is 2.04 bits per heavy atom. The number of allylic oxidation sites excluding steroid dienone is 3. The van der Waals surface area contributed by atoms with Gasteiger partial charge in [-0.2, -0.15) is 0 Å². The molecule has 6 heteroatoms. The lowest BCUT2D eigenvalue weighted by Gasteiger charge is -2.30. The van der Waals surface area contributed by atoms with Gasteiger partial charge in [-0.25, -0.2) is 9.78 Å². The normalized spacial score (nSPS) is 16.0. The number of nitrogens with zero attached hydrogens (tertiary/aromatic N) is 2. The van der Waals surface area contributed by atoms with Crippen LogP contribution in [0.2, 0.25) is 0 Å². The second-order valence-electron chi connectivity index (χ2n) is 6.17. The van der Waals surface area contributed by atoms with Gasteiger partial charge in [-0.3, -0.25) is 4.79 Å². The lowest BCUT2D eigenvalue weighted by atomic mass is 9.97. The van der Waals surface area contributed by atoms with E-state index in [9.17, 15) is 9.59 Å². The van der Waals surface area contributed by atoms with Crippen LogP contribution in [-0.2, 0) is 14.3 Å². The van der Waals surface area contributed by atoms with E-state index in [4.69, 9.17) is 9.15 Å². The lowest BCUT2D eigenvalue weighted by molar-refractivity contribution is -0.148. The van der Waals surface area contributed by atoms with Crippen LogP contribution in [0.4, 0.5) is 0 Å². The van der Waals surface area contributed by atoms with E-state index in [1.807, 2.05) is 31.2 Å². The second kappa shape index (κ2) is 8.47. The molecule has 1 aliphatic rings. The van der Waals surface area contributed by atoms with E-state index in [0.717, 1.165) is 29.8 Å². The number of oxazole rings is 1. The summed E-state index contributed by atoms with van der Waals surface area (Å²) in [5.74, 6) is 0.253. The Bertz CT molecular complexity index is 796. The minimum atomic E-state index is -0.516. The molecule has 1 aromatic heterocycles. The van der Waals surface area contributed by atoms with E-state index in [2.05, 4.69) is 4.98 Å². The molecule has 3 rings (SSSR count). The van der Waals surface area contributed by atoms with E-state index in [1.54, 1.807) is 23.1 Å². The number of likely N-dealkylation sites (tertiary alicyclic amines) is 1. The number of ether oxygens (including phenoxy) is 1. The molecular weight excluding hydrogens is 332 g/mol. The molecule has 0 N–H and O–H groups in total. The van der Waals surface area contributed by atoms with Gasteiger partial charge in [0.25, 0.3) is 5.91 Å². The van der Waals surface area contributed by atoms with E-state index in [-0.39, 0.29) is 18.4 Å². The Morgan fingerprint density at radius 3 is 2.77 bits per heavy atom. The summed E-state index contributed by atoms with van der Waals surface area (Å²) >= 11 is 0. The van der Waals surface area contributed by atoms with Crippen molar-refractivity contribution in [1.29, 1.82) is 0 Å². The highest BCUT2D eigenvalue weighted by molar-refractivity contribution is 5.86. The molecule has 26 heavy (non-hydrogen) atoms. The quantitative estimate of drug-likeness (QED) is 0.468. The number of amides is 1. The van der Waals surface area contributed by atoms with Crippen molar-refractivity contribution in [1.82, 2.24) is 9.88 Å². The molecule has 2 aromatic rings. The topological polar surface area (TPSA) is 72.6 Å². The first-order valence-electron chi connectivity index (χ1n) is 8.76. The van der Waals surface area contributed by atoms with Crippen molar-refractivity contribution in [3.05, 3.63) is 54.5 Å². The fourth-order valence-electron chi connectivity index (χ4n) is 2.96. The predicted molar refractivity (Wildman–Crippen MR) is 97.5 cm³/mol. The number of fused-ring (bicyclic) bond motifs is 1. The van der Waals surface area contributed by atoms with Gasteiger partial charge >= 0.3 is 5.97 Å². The van der Waals surface area contributed by atoms with Crippen LogP contribution in [-0.4, -0.2) is 41.5 Å². The third-order valence-electron chi connectivity index (χ3n) is 4.38. The first kappa shape index (κ1) is 17.9. The molecule has 0 unspecified atom stereocenters. The average molecular weight is 354 g/mol. The maximum atomic E-state index is 12.2. The zero-order valence-electron chi connectivity index (χ0n) is 14.8. The van der Waals surface area contributed by atoms with Crippen molar-refractivity contribution in [2.45, 2.75) is 25.7 Å². The molecule has 1 aliphatic heterocycles. The Balaban J connectivity index is 1.48. The summed E-state index contributed by atoms with van der Waals surface area (Å²) in [6, 6.07) is 7.70. The number of aromatic nitrogens is 1. The zero-order chi connectivity index (χ0) is 18.4. The van der Waals surface area contributed by atoms with Crippen LogP contribution in [0.1, 0.15) is 31.6 Å². The van der Waals surface area contributed by atoms with Gasteiger partial charge < -0.3 is 14.1 Å². The molecule has 1 saturated heterocycles. The third-order valence-corrected chi connectivity index (χ3v) is 4.38. The molecule has 136 valence electrons. The van der Waals surface area contributed by atoms with Crippen LogP contribution in [0, 0.1) is 0 Å². The lowest BCUT2D eigenvalue weighted by Crippen LogP contribution is -2.40. The van der Waals surface area contributed by atoms with Crippen LogP contribution in [0.15, 0.2) is 53.0 Å². The van der Waals surface area contributed by atoms with E-state index in [1.165, 1.54) is 6.08 Å². The summed E-state index contributed by atoms with van der Waals surface area (Å²) in [5.41, 5.74) is 1.65. The summed E-state index contributed by atoms with van der Waals surface area (Å²) in [4.78, 5) is 30.0. The minimum absolute atomic E-state index is 0.172. The Hall–Kier alpha value is -2.89. The van der Waals surface area contributed by atoms with Crippen molar-refractivity contribution >= 4 is 23.0 Å². The average Bonchev–Trinajstić information content (AvgIpc) is 3.10. The Morgan fingerprint density at radius 1 is 1.27 bits per heavy atom. The molecule has 0 saturated carbocycles. The van der Waals surface area contributed by atoms with Crippen LogP contribution in [0.5, 0.6) is 0 Å². The highest BCUT2D eigenvalue weighted by atomic mass is 16.5. The van der Waals surface area contributed by atoms with Crippen LogP contribution < -0.4 is 0 Å². The van der Waals surface area contributed by atoms with Crippen molar-refractivity contribution in [3.8, 4) is 0 Å². The zero-order valence-corrected chi connectivity index (χ0v) is 14.8. The van der Waals surface area contributed by atoms with Gasteiger partial charge in [0.05, 0.1) is 0 Å². The smallest absolute Gasteiger partial charge is 0.331 e. The molecule has 2 heterocycles. The number of esters is 1. The van der Waals surface area contributed by atoms with Gasteiger partial charge in [0.2, 0.25) is 0 Å². The molecular formula is C20H22N2O4. The molecule has 0 bridgehead atoms. The number of para-hydroxylation sites is 2. The fraction of sp³-hybridized carbons (Fsp3) is 0.350. The first-order chi connectivity index (χ1) is 12.7. The molecule has 0 radical (unpaired) electrons. The van der Waals surface area contributed by atoms with Gasteiger partial charge in [-0.15, -0.1) is 0 Å². The third kappa shape index (κ3) is 4.39. The van der Waals surface area contributed by atoms with Gasteiger partial charge in [0.15, 0.2) is 18.1 Å². The summed E-state index contributed by atoms with van der Waals surface area (Å²) in [7, 11) is 0. The highest BCUT2D eigenvalue weighted by Crippen LogP contribution is 2.29. The first-order valence-corrected chi connectivity index (χ1v) is 8.76. The van der Waals surface area contributed by atoms with Crippen LogP contribution in [0.25, 0.3) is 11.1 Å². The summed E-state index contributed by atoms with van der Waals surface area (Å²) in [6.45, 7) is 2.83. The summed E-state index contributed by atoms with van der Waals surface area (Å²) < 4.78 is 10.8. The van der Waals surface area contributed by atoms with Gasteiger partial charge in [0, 0.05) is 25.1 Å². The van der Waals surface area contributed by atoms with Crippen molar-refractivity contribution in [2.24, 2.45) is 0 Å². The van der Waals surface area contributed by atoms with Gasteiger partial charge in [-0.1, -0.05) is 30.4 Å². The largest absolute Gasteiger partial charge is 0.452 e. The number of hydrogen-bond donors (Lipinski definition) is 0. The second-order valence-corrected chi connectivity index (χ2v) is 6.17. The number of piperidine rings is 1. The van der Waals surface area contributed by atoms with Crippen LogP contribution in [0.3, 0.4) is 0 Å². The Labute approximate surface area is 152 Å². The minimum Gasteiger partial charge on any atom is -0.452 e. The number of rotatable bonds is 5. The number of carbonyl (C=O) groups excluding carboxylic acids is 2. The summed E-state index contributed by atoms with van der Waals surface area (Å²) in [5, 5.41) is 0. The predicted octanol–water partition coefficient (Wildman–Crippen LogP) is 3.21. The SMILES string of the molecule is C/C=C/C=C/C(=O)OCC(=O)N1CCC(c2nc3ccccc3o2)CC1.